The molecule has 4 aromatic rings. The van der Waals surface area contributed by atoms with E-state index in [1.54, 1.807) is 26.0 Å². The molecule has 4 nitrogen and oxygen atoms in total. The predicted octanol–water partition coefficient (Wildman–Crippen LogP) is 6.39. The van der Waals surface area contributed by atoms with Crippen LogP contribution < -0.4 is 5.56 Å². The fourth-order valence-corrected chi connectivity index (χ4v) is 4.78. The minimum absolute atomic E-state index is 0.0330. The Hall–Kier alpha value is -3.52. The lowest BCUT2D eigenvalue weighted by atomic mass is 10.1. The smallest absolute Gasteiger partial charge is 0.274 e. The molecule has 0 amide bonds. The molecule has 1 aromatic carbocycles. The molecule has 1 saturated carbocycles. The van der Waals surface area contributed by atoms with E-state index in [2.05, 4.69) is 9.97 Å². The highest BCUT2D eigenvalue weighted by Crippen LogP contribution is 2.55. The van der Waals surface area contributed by atoms with Gasteiger partial charge in [0.15, 0.2) is 5.82 Å². The van der Waals surface area contributed by atoms with Gasteiger partial charge in [0, 0.05) is 29.4 Å². The molecule has 1 aliphatic rings. The van der Waals surface area contributed by atoms with Crippen LogP contribution in [-0.2, 0) is 0 Å². The van der Waals surface area contributed by atoms with Crippen LogP contribution in [0.15, 0.2) is 53.6 Å². The first-order valence-corrected chi connectivity index (χ1v) is 11.2. The summed E-state index contributed by atoms with van der Waals surface area (Å²) in [6.07, 6.45) is 2.80. The third-order valence-corrected chi connectivity index (χ3v) is 6.65. The molecule has 3 heterocycles. The molecule has 178 valence electrons. The van der Waals surface area contributed by atoms with Crippen LogP contribution in [0.3, 0.4) is 0 Å². The Bertz CT molecular complexity index is 1550. The average molecular weight is 500 g/mol. The molecular weight excluding hydrogens is 482 g/mol. The lowest BCUT2D eigenvalue weighted by Crippen LogP contribution is -2.24. The molecule has 0 saturated heterocycles. The van der Waals surface area contributed by atoms with E-state index in [1.165, 1.54) is 24.4 Å². The van der Waals surface area contributed by atoms with Crippen molar-refractivity contribution in [1.82, 2.24) is 14.5 Å². The van der Waals surface area contributed by atoms with Gasteiger partial charge in [0.05, 0.1) is 17.6 Å². The average Bonchev–Trinajstić information content (AvgIpc) is 3.59. The molecule has 9 heteroatoms. The largest absolute Gasteiger partial charge is 0.277 e. The first kappa shape index (κ1) is 23.2. The standard InChI is InChI=1S/C26H18ClF4N3O/c1-12-10-32-24(15-5-3-4-6-19(15)29)22(31)25(12)34-13(2)7-17(21(27)26(34)35)16-9-18(16)23-20(30)8-14(28)11-33-23/h3-8,10-11,16,18H,9H2,1-2H3/t16-,18+/m1/s1. The highest BCUT2D eigenvalue weighted by molar-refractivity contribution is 6.31. The summed E-state index contributed by atoms with van der Waals surface area (Å²) in [5.74, 6) is -3.67. The molecule has 35 heavy (non-hydrogen) atoms. The topological polar surface area (TPSA) is 47.8 Å². The molecule has 0 unspecified atom stereocenters. The van der Waals surface area contributed by atoms with Crippen molar-refractivity contribution in [2.24, 2.45) is 0 Å². The summed E-state index contributed by atoms with van der Waals surface area (Å²) in [5, 5.41) is -0.131. The number of benzene rings is 1. The third kappa shape index (κ3) is 3.91. The van der Waals surface area contributed by atoms with Crippen molar-refractivity contribution in [3.63, 3.8) is 0 Å². The summed E-state index contributed by atoms with van der Waals surface area (Å²) in [6.45, 7) is 3.21. The normalized spacial score (nSPS) is 17.0. The quantitative estimate of drug-likeness (QED) is 0.306. The van der Waals surface area contributed by atoms with Gasteiger partial charge in [0.2, 0.25) is 0 Å². The lowest BCUT2D eigenvalue weighted by molar-refractivity contribution is 0.557. The van der Waals surface area contributed by atoms with Crippen LogP contribution in [-0.4, -0.2) is 14.5 Å². The highest BCUT2D eigenvalue weighted by Gasteiger charge is 2.44. The van der Waals surface area contributed by atoms with Gasteiger partial charge >= 0.3 is 0 Å². The molecule has 0 aliphatic heterocycles. The van der Waals surface area contributed by atoms with E-state index in [4.69, 9.17) is 11.6 Å². The van der Waals surface area contributed by atoms with Crippen molar-refractivity contribution in [3.05, 3.63) is 110 Å². The minimum Gasteiger partial charge on any atom is -0.277 e. The zero-order chi connectivity index (χ0) is 25.0. The van der Waals surface area contributed by atoms with Crippen molar-refractivity contribution in [2.45, 2.75) is 32.1 Å². The second kappa shape index (κ2) is 8.61. The predicted molar refractivity (Wildman–Crippen MR) is 124 cm³/mol. The molecule has 0 N–H and O–H groups in total. The van der Waals surface area contributed by atoms with Gasteiger partial charge in [0.1, 0.15) is 28.2 Å². The van der Waals surface area contributed by atoms with E-state index >= 15 is 4.39 Å². The van der Waals surface area contributed by atoms with Crippen molar-refractivity contribution in [3.8, 4) is 16.9 Å². The molecule has 0 spiro atoms. The summed E-state index contributed by atoms with van der Waals surface area (Å²) < 4.78 is 58.6. The number of aryl methyl sites for hydroxylation is 2. The van der Waals surface area contributed by atoms with E-state index in [1.807, 2.05) is 0 Å². The first-order chi connectivity index (χ1) is 16.7. The van der Waals surface area contributed by atoms with Crippen LogP contribution in [0.1, 0.15) is 40.8 Å². The number of halogens is 5. The number of rotatable bonds is 4. The van der Waals surface area contributed by atoms with Crippen molar-refractivity contribution in [2.75, 3.05) is 0 Å². The fraction of sp³-hybridized carbons (Fsp3) is 0.192. The van der Waals surface area contributed by atoms with Gasteiger partial charge in [-0.3, -0.25) is 19.3 Å². The Morgan fingerprint density at radius 3 is 2.43 bits per heavy atom. The fourth-order valence-electron chi connectivity index (χ4n) is 4.50. The van der Waals surface area contributed by atoms with Crippen molar-refractivity contribution in [1.29, 1.82) is 0 Å². The molecule has 2 atom stereocenters. The molecule has 3 aromatic heterocycles. The van der Waals surface area contributed by atoms with Crippen molar-refractivity contribution < 1.29 is 17.6 Å². The van der Waals surface area contributed by atoms with Gasteiger partial charge in [-0.1, -0.05) is 23.7 Å². The summed E-state index contributed by atoms with van der Waals surface area (Å²) in [4.78, 5) is 21.3. The summed E-state index contributed by atoms with van der Waals surface area (Å²) >= 11 is 6.45. The van der Waals surface area contributed by atoms with Crippen LogP contribution in [0.2, 0.25) is 5.02 Å². The van der Waals surface area contributed by atoms with E-state index in [9.17, 15) is 18.0 Å². The van der Waals surface area contributed by atoms with Gasteiger partial charge < -0.3 is 0 Å². The molecular formula is C26H18ClF4N3O. The Morgan fingerprint density at radius 1 is 0.971 bits per heavy atom. The molecule has 1 aliphatic carbocycles. The van der Waals surface area contributed by atoms with Crippen LogP contribution in [0, 0.1) is 37.1 Å². The first-order valence-electron chi connectivity index (χ1n) is 10.8. The van der Waals surface area contributed by atoms with E-state index in [0.29, 0.717) is 23.2 Å². The van der Waals surface area contributed by atoms with E-state index in [-0.39, 0.29) is 39.5 Å². The maximum Gasteiger partial charge on any atom is 0.274 e. The SMILES string of the molecule is Cc1cnc(-c2ccccc2F)c(F)c1-n1c(C)cc([C@H]2C[C@@H]2c2ncc(F)cc2F)c(Cl)c1=O. The van der Waals surface area contributed by atoms with Crippen LogP contribution >= 0.6 is 11.6 Å². The number of pyridine rings is 3. The molecule has 5 rings (SSSR count). The Balaban J connectivity index is 1.60. The second-order valence-corrected chi connectivity index (χ2v) is 8.98. The van der Waals surface area contributed by atoms with Crippen LogP contribution in [0.25, 0.3) is 16.9 Å². The Labute approximate surface area is 202 Å². The van der Waals surface area contributed by atoms with Crippen molar-refractivity contribution >= 4 is 11.6 Å². The van der Waals surface area contributed by atoms with Gasteiger partial charge in [0.25, 0.3) is 5.56 Å². The number of aromatic nitrogens is 3. The second-order valence-electron chi connectivity index (χ2n) is 8.60. The Kier molecular flexibility index (Phi) is 5.71. The maximum absolute atomic E-state index is 15.7. The summed E-state index contributed by atoms with van der Waals surface area (Å²) in [7, 11) is 0. The number of hydrogen-bond donors (Lipinski definition) is 0. The van der Waals surface area contributed by atoms with Gasteiger partial charge in [-0.05, 0) is 55.5 Å². The molecule has 1 fully saturated rings. The Morgan fingerprint density at radius 2 is 1.71 bits per heavy atom. The van der Waals surface area contributed by atoms with Gasteiger partial charge in [-0.25, -0.2) is 17.6 Å². The minimum atomic E-state index is -0.856. The molecule has 0 radical (unpaired) electrons. The lowest BCUT2D eigenvalue weighted by Gasteiger charge is -2.18. The van der Waals surface area contributed by atoms with Gasteiger partial charge in [-0.2, -0.15) is 0 Å². The van der Waals surface area contributed by atoms with E-state index in [0.717, 1.165) is 16.8 Å². The third-order valence-electron chi connectivity index (χ3n) is 6.27. The summed E-state index contributed by atoms with van der Waals surface area (Å²) in [5.41, 5.74) is 0.353. The number of nitrogens with zero attached hydrogens (tertiary/aromatic N) is 3. The molecule has 0 bridgehead atoms. The zero-order valence-corrected chi connectivity index (χ0v) is 19.4. The maximum atomic E-state index is 15.7. The number of hydrogen-bond acceptors (Lipinski definition) is 3. The summed E-state index contributed by atoms with van der Waals surface area (Å²) in [6, 6.07) is 8.07. The highest BCUT2D eigenvalue weighted by atomic mass is 35.5. The van der Waals surface area contributed by atoms with Crippen LogP contribution in [0.4, 0.5) is 17.6 Å². The van der Waals surface area contributed by atoms with Gasteiger partial charge in [-0.15, -0.1) is 0 Å². The monoisotopic (exact) mass is 499 g/mol. The van der Waals surface area contributed by atoms with Crippen LogP contribution in [0.5, 0.6) is 0 Å². The zero-order valence-electron chi connectivity index (χ0n) is 18.6. The van der Waals surface area contributed by atoms with E-state index < -0.39 is 28.8 Å².